The number of nitrogens with one attached hydrogen (secondary N) is 1. The highest BCUT2D eigenvalue weighted by Gasteiger charge is 2.06. The lowest BCUT2D eigenvalue weighted by Gasteiger charge is -2.12. The second-order valence-corrected chi connectivity index (χ2v) is 6.46. The van der Waals surface area contributed by atoms with Crippen LogP contribution < -0.4 is 15.1 Å². The number of para-hydroxylation sites is 1. The molecule has 0 aliphatic heterocycles. The van der Waals surface area contributed by atoms with Crippen LogP contribution in [0.1, 0.15) is 21.5 Å². The number of carbonyl (C=O) groups excluding carboxylic acids is 1. The van der Waals surface area contributed by atoms with Crippen molar-refractivity contribution in [2.24, 2.45) is 5.10 Å². The molecule has 0 spiro atoms. The Kier molecular flexibility index (Phi) is 6.41. The highest BCUT2D eigenvalue weighted by Crippen LogP contribution is 2.18. The molecule has 0 aromatic heterocycles. The predicted molar refractivity (Wildman–Crippen MR) is 113 cm³/mol. The predicted octanol–water partition coefficient (Wildman–Crippen LogP) is 4.10. The maximum absolute atomic E-state index is 12.3. The van der Waals surface area contributed by atoms with E-state index in [1.807, 2.05) is 91.8 Å². The molecule has 142 valence electrons. The van der Waals surface area contributed by atoms with Gasteiger partial charge in [-0.1, -0.05) is 48.5 Å². The normalized spacial score (nSPS) is 10.6. The van der Waals surface area contributed by atoms with Crippen molar-refractivity contribution in [3.05, 3.63) is 95.6 Å². The fraction of sp³-hybridized carbons (Fsp3) is 0.130. The molecule has 5 nitrogen and oxygen atoms in total. The van der Waals surface area contributed by atoms with Crippen LogP contribution in [0.25, 0.3) is 0 Å². The van der Waals surface area contributed by atoms with Crippen LogP contribution in [0.4, 0.5) is 5.69 Å². The monoisotopic (exact) mass is 373 g/mol. The van der Waals surface area contributed by atoms with Gasteiger partial charge in [0.15, 0.2) is 0 Å². The maximum Gasteiger partial charge on any atom is 0.271 e. The van der Waals surface area contributed by atoms with Gasteiger partial charge >= 0.3 is 0 Å². The van der Waals surface area contributed by atoms with Gasteiger partial charge in [0.2, 0.25) is 0 Å². The summed E-state index contributed by atoms with van der Waals surface area (Å²) in [5.41, 5.74) is 5.96. The average Bonchev–Trinajstić information content (AvgIpc) is 2.73. The molecule has 0 bridgehead atoms. The molecule has 28 heavy (non-hydrogen) atoms. The van der Waals surface area contributed by atoms with Gasteiger partial charge < -0.3 is 9.64 Å². The molecule has 0 saturated carbocycles. The first-order chi connectivity index (χ1) is 13.6. The second kappa shape index (κ2) is 9.37. The van der Waals surface area contributed by atoms with E-state index in [9.17, 15) is 4.79 Å². The number of nitrogens with zero attached hydrogens (tertiary/aromatic N) is 2. The van der Waals surface area contributed by atoms with E-state index in [4.69, 9.17) is 4.74 Å². The van der Waals surface area contributed by atoms with Crippen LogP contribution in [-0.2, 0) is 6.61 Å². The Bertz CT molecular complexity index is 953. The van der Waals surface area contributed by atoms with Crippen LogP contribution in [0.15, 0.2) is 84.0 Å². The number of hydrogen-bond donors (Lipinski definition) is 1. The molecule has 3 rings (SSSR count). The van der Waals surface area contributed by atoms with Crippen molar-refractivity contribution in [2.75, 3.05) is 19.0 Å². The van der Waals surface area contributed by atoms with Gasteiger partial charge in [0, 0.05) is 30.9 Å². The Morgan fingerprint density at radius 2 is 1.75 bits per heavy atom. The minimum Gasteiger partial charge on any atom is -0.488 e. The first-order valence-corrected chi connectivity index (χ1v) is 9.00. The van der Waals surface area contributed by atoms with Gasteiger partial charge in [-0.3, -0.25) is 4.79 Å². The molecule has 0 saturated heterocycles. The quantitative estimate of drug-likeness (QED) is 0.501. The molecule has 0 radical (unpaired) electrons. The lowest BCUT2D eigenvalue weighted by molar-refractivity contribution is 0.0955. The van der Waals surface area contributed by atoms with Crippen molar-refractivity contribution in [3.63, 3.8) is 0 Å². The summed E-state index contributed by atoms with van der Waals surface area (Å²) in [6.45, 7) is 0.468. The van der Waals surface area contributed by atoms with Gasteiger partial charge in [0.05, 0.1) is 6.21 Å². The van der Waals surface area contributed by atoms with Crippen molar-refractivity contribution in [1.82, 2.24) is 5.43 Å². The smallest absolute Gasteiger partial charge is 0.271 e. The summed E-state index contributed by atoms with van der Waals surface area (Å²) in [6.07, 6.45) is 1.59. The van der Waals surface area contributed by atoms with E-state index in [0.717, 1.165) is 16.8 Å². The van der Waals surface area contributed by atoms with Crippen LogP contribution >= 0.6 is 0 Å². The van der Waals surface area contributed by atoms with E-state index >= 15 is 0 Å². The van der Waals surface area contributed by atoms with Crippen LogP contribution in [-0.4, -0.2) is 26.2 Å². The number of ether oxygens (including phenoxy) is 1. The Hall–Kier alpha value is -3.60. The van der Waals surface area contributed by atoms with Gasteiger partial charge in [-0.25, -0.2) is 5.43 Å². The molecule has 0 heterocycles. The minimum absolute atomic E-state index is 0.261. The molecule has 0 unspecified atom stereocenters. The van der Waals surface area contributed by atoms with Gasteiger partial charge in [-0.05, 0) is 35.9 Å². The largest absolute Gasteiger partial charge is 0.488 e. The number of amides is 1. The van der Waals surface area contributed by atoms with Crippen molar-refractivity contribution >= 4 is 17.8 Å². The van der Waals surface area contributed by atoms with Gasteiger partial charge in [-0.2, -0.15) is 5.10 Å². The Balaban J connectivity index is 1.64. The van der Waals surface area contributed by atoms with Crippen molar-refractivity contribution in [2.45, 2.75) is 6.61 Å². The lowest BCUT2D eigenvalue weighted by atomic mass is 10.2. The summed E-state index contributed by atoms with van der Waals surface area (Å²) in [5.74, 6) is 0.446. The number of carbonyl (C=O) groups is 1. The fourth-order valence-electron chi connectivity index (χ4n) is 2.60. The molecule has 0 aliphatic carbocycles. The van der Waals surface area contributed by atoms with E-state index in [1.54, 1.807) is 12.3 Å². The first-order valence-electron chi connectivity index (χ1n) is 9.00. The van der Waals surface area contributed by atoms with Crippen LogP contribution in [0.5, 0.6) is 5.75 Å². The van der Waals surface area contributed by atoms with Crippen molar-refractivity contribution < 1.29 is 9.53 Å². The maximum atomic E-state index is 12.3. The lowest BCUT2D eigenvalue weighted by Crippen LogP contribution is -2.18. The molecule has 3 aromatic rings. The third kappa shape index (κ3) is 5.20. The number of hydrazone groups is 1. The number of hydrogen-bond acceptors (Lipinski definition) is 4. The van der Waals surface area contributed by atoms with E-state index in [-0.39, 0.29) is 5.91 Å². The van der Waals surface area contributed by atoms with Gasteiger partial charge in [-0.15, -0.1) is 0 Å². The molecule has 3 aromatic carbocycles. The summed E-state index contributed by atoms with van der Waals surface area (Å²) in [6, 6.07) is 24.9. The molecular weight excluding hydrogens is 350 g/mol. The number of rotatable bonds is 7. The topological polar surface area (TPSA) is 53.9 Å². The Morgan fingerprint density at radius 3 is 2.54 bits per heavy atom. The standard InChI is InChI=1S/C23H23N3O2/c1-26(2)21-13-8-12-19(15-21)23(27)25-24-16-20-11-6-7-14-22(20)28-17-18-9-4-3-5-10-18/h3-16H,17H2,1-2H3,(H,25,27)/b24-16+. The first kappa shape index (κ1) is 19.2. The zero-order valence-electron chi connectivity index (χ0n) is 16.0. The second-order valence-electron chi connectivity index (χ2n) is 6.46. The molecular formula is C23H23N3O2. The molecule has 0 aliphatic rings. The Labute approximate surface area is 165 Å². The summed E-state index contributed by atoms with van der Waals surface area (Å²) in [5, 5.41) is 4.09. The highest BCUT2D eigenvalue weighted by atomic mass is 16.5. The van der Waals surface area contributed by atoms with E-state index in [0.29, 0.717) is 17.9 Å². The average molecular weight is 373 g/mol. The molecule has 0 fully saturated rings. The number of anilines is 1. The third-order valence-electron chi connectivity index (χ3n) is 4.15. The van der Waals surface area contributed by atoms with Crippen LogP contribution in [0.3, 0.4) is 0 Å². The highest BCUT2D eigenvalue weighted by molar-refractivity contribution is 5.96. The third-order valence-corrected chi connectivity index (χ3v) is 4.15. The minimum atomic E-state index is -0.261. The van der Waals surface area contributed by atoms with Gasteiger partial charge in [0.1, 0.15) is 12.4 Å². The van der Waals surface area contributed by atoms with Gasteiger partial charge in [0.25, 0.3) is 5.91 Å². The van der Waals surface area contributed by atoms with Crippen LogP contribution in [0.2, 0.25) is 0 Å². The summed E-state index contributed by atoms with van der Waals surface area (Å²) < 4.78 is 5.90. The summed E-state index contributed by atoms with van der Waals surface area (Å²) >= 11 is 0. The Morgan fingerprint density at radius 1 is 1.00 bits per heavy atom. The van der Waals surface area contributed by atoms with E-state index < -0.39 is 0 Å². The van der Waals surface area contributed by atoms with Crippen molar-refractivity contribution in [1.29, 1.82) is 0 Å². The summed E-state index contributed by atoms with van der Waals surface area (Å²) in [4.78, 5) is 14.3. The van der Waals surface area contributed by atoms with Crippen molar-refractivity contribution in [3.8, 4) is 5.75 Å². The zero-order chi connectivity index (χ0) is 19.8. The zero-order valence-corrected chi connectivity index (χ0v) is 16.0. The fourth-order valence-corrected chi connectivity index (χ4v) is 2.60. The molecule has 0 atom stereocenters. The van der Waals surface area contributed by atoms with E-state index in [1.165, 1.54) is 0 Å². The SMILES string of the molecule is CN(C)c1cccc(C(=O)N/N=C/c2ccccc2OCc2ccccc2)c1. The van der Waals surface area contributed by atoms with E-state index in [2.05, 4.69) is 10.5 Å². The molecule has 5 heteroatoms. The molecule has 1 amide bonds. The van der Waals surface area contributed by atoms with Crippen LogP contribution in [0, 0.1) is 0 Å². The number of benzene rings is 3. The molecule has 1 N–H and O–H groups in total. The summed E-state index contributed by atoms with van der Waals surface area (Å²) in [7, 11) is 3.86.